The third-order valence-electron chi connectivity index (χ3n) is 2.97. The molecule has 5 nitrogen and oxygen atoms in total. The van der Waals surface area contributed by atoms with Crippen molar-refractivity contribution in [2.45, 2.75) is 20.4 Å². The predicted molar refractivity (Wildman–Crippen MR) is 86.5 cm³/mol. The number of benzene rings is 1. The number of hydrogen-bond acceptors (Lipinski definition) is 3. The van der Waals surface area contributed by atoms with E-state index in [0.717, 1.165) is 15.9 Å². The molecule has 0 saturated heterocycles. The summed E-state index contributed by atoms with van der Waals surface area (Å²) in [4.78, 5) is 11.8. The molecule has 0 saturated carbocycles. The summed E-state index contributed by atoms with van der Waals surface area (Å²) in [5, 5.41) is 8.16. The second kappa shape index (κ2) is 7.02. The Balaban J connectivity index is 2.01. The van der Waals surface area contributed by atoms with Crippen LogP contribution in [0.2, 0.25) is 5.02 Å². The van der Waals surface area contributed by atoms with Crippen molar-refractivity contribution in [1.82, 2.24) is 15.2 Å². The van der Waals surface area contributed by atoms with Gasteiger partial charge in [-0.3, -0.25) is 9.48 Å². The highest BCUT2D eigenvalue weighted by Crippen LogP contribution is 2.19. The molecule has 0 aliphatic carbocycles. The molecule has 116 valence electrons. The van der Waals surface area contributed by atoms with Crippen molar-refractivity contribution in [2.24, 2.45) is 5.10 Å². The fraction of sp³-hybridized carbons (Fsp3) is 0.214. The van der Waals surface area contributed by atoms with Crippen LogP contribution >= 0.6 is 27.5 Å². The molecule has 1 amide bonds. The van der Waals surface area contributed by atoms with E-state index in [9.17, 15) is 9.18 Å². The van der Waals surface area contributed by atoms with Gasteiger partial charge in [-0.15, -0.1) is 0 Å². The summed E-state index contributed by atoms with van der Waals surface area (Å²) < 4.78 is 15.9. The molecule has 8 heteroatoms. The maximum absolute atomic E-state index is 13.5. The third-order valence-corrected chi connectivity index (χ3v) is 4.45. The van der Waals surface area contributed by atoms with E-state index in [-0.39, 0.29) is 23.0 Å². The number of nitrogens with one attached hydrogen (secondary N) is 1. The number of aryl methyl sites for hydroxylation is 1. The van der Waals surface area contributed by atoms with Crippen molar-refractivity contribution < 1.29 is 9.18 Å². The summed E-state index contributed by atoms with van der Waals surface area (Å²) >= 11 is 9.24. The van der Waals surface area contributed by atoms with Crippen LogP contribution in [0.1, 0.15) is 17.0 Å². The number of carbonyl (C=O) groups excluding carboxylic acids is 1. The largest absolute Gasteiger partial charge is 0.271 e. The SMILES string of the molecule is Cc1nn(CC(=O)N/N=C/c2c(F)cccc2Cl)c(C)c1Br. The summed E-state index contributed by atoms with van der Waals surface area (Å²) in [6.07, 6.45) is 1.17. The Morgan fingerprint density at radius 3 is 2.86 bits per heavy atom. The monoisotopic (exact) mass is 386 g/mol. The minimum Gasteiger partial charge on any atom is -0.271 e. The highest BCUT2D eigenvalue weighted by atomic mass is 79.9. The van der Waals surface area contributed by atoms with Gasteiger partial charge in [-0.25, -0.2) is 9.82 Å². The quantitative estimate of drug-likeness (QED) is 0.647. The van der Waals surface area contributed by atoms with E-state index in [1.165, 1.54) is 18.3 Å². The smallest absolute Gasteiger partial charge is 0.261 e. The van der Waals surface area contributed by atoms with Crippen molar-refractivity contribution in [3.05, 3.63) is 50.5 Å². The first-order valence-corrected chi connectivity index (χ1v) is 7.52. The number of hydrazone groups is 1. The van der Waals surface area contributed by atoms with E-state index in [1.54, 1.807) is 10.7 Å². The van der Waals surface area contributed by atoms with Gasteiger partial charge in [-0.1, -0.05) is 17.7 Å². The van der Waals surface area contributed by atoms with Crippen LogP contribution in [0.25, 0.3) is 0 Å². The van der Waals surface area contributed by atoms with E-state index < -0.39 is 5.82 Å². The lowest BCUT2D eigenvalue weighted by Crippen LogP contribution is -2.24. The van der Waals surface area contributed by atoms with Crippen molar-refractivity contribution in [3.8, 4) is 0 Å². The lowest BCUT2D eigenvalue weighted by molar-refractivity contribution is -0.121. The number of aromatic nitrogens is 2. The minimum absolute atomic E-state index is 0.0145. The fourth-order valence-electron chi connectivity index (χ4n) is 1.80. The Morgan fingerprint density at radius 1 is 1.55 bits per heavy atom. The van der Waals surface area contributed by atoms with Gasteiger partial charge in [-0.2, -0.15) is 10.2 Å². The van der Waals surface area contributed by atoms with Gasteiger partial charge in [0.15, 0.2) is 0 Å². The average Bonchev–Trinajstić information content (AvgIpc) is 2.69. The molecule has 0 unspecified atom stereocenters. The lowest BCUT2D eigenvalue weighted by atomic mass is 10.2. The normalized spacial score (nSPS) is 11.1. The van der Waals surface area contributed by atoms with Crippen LogP contribution in [0.3, 0.4) is 0 Å². The first kappa shape index (κ1) is 16.6. The summed E-state index contributed by atoms with van der Waals surface area (Å²) in [5.74, 6) is -0.880. The molecule has 0 atom stereocenters. The minimum atomic E-state index is -0.507. The zero-order chi connectivity index (χ0) is 16.3. The molecule has 22 heavy (non-hydrogen) atoms. The topological polar surface area (TPSA) is 59.3 Å². The molecule has 2 rings (SSSR count). The molecular formula is C14H13BrClFN4O. The molecule has 0 radical (unpaired) electrons. The summed E-state index contributed by atoms with van der Waals surface area (Å²) in [7, 11) is 0. The molecule has 1 N–H and O–H groups in total. The number of halogens is 3. The fourth-order valence-corrected chi connectivity index (χ4v) is 2.30. The molecule has 1 aromatic carbocycles. The van der Waals surface area contributed by atoms with Crippen LogP contribution in [0.5, 0.6) is 0 Å². The number of carbonyl (C=O) groups is 1. The molecule has 0 spiro atoms. The Kier molecular flexibility index (Phi) is 5.31. The first-order chi connectivity index (χ1) is 10.4. The van der Waals surface area contributed by atoms with Crippen molar-refractivity contribution in [3.63, 3.8) is 0 Å². The molecule has 0 aliphatic heterocycles. The molecule has 0 fully saturated rings. The Hall–Kier alpha value is -1.73. The van der Waals surface area contributed by atoms with Crippen molar-refractivity contribution in [2.75, 3.05) is 0 Å². The molecule has 1 aromatic heterocycles. The first-order valence-electron chi connectivity index (χ1n) is 6.35. The van der Waals surface area contributed by atoms with E-state index >= 15 is 0 Å². The third kappa shape index (κ3) is 3.72. The van der Waals surface area contributed by atoms with E-state index in [4.69, 9.17) is 11.6 Å². The molecule has 0 aliphatic rings. The van der Waals surface area contributed by atoms with Gasteiger partial charge in [0.05, 0.1) is 27.1 Å². The van der Waals surface area contributed by atoms with E-state index in [1.807, 2.05) is 13.8 Å². The summed E-state index contributed by atoms with van der Waals surface area (Å²) in [6.45, 7) is 3.70. The Morgan fingerprint density at radius 2 is 2.27 bits per heavy atom. The lowest BCUT2D eigenvalue weighted by Gasteiger charge is -2.03. The van der Waals surface area contributed by atoms with Crippen molar-refractivity contribution >= 4 is 39.7 Å². The maximum Gasteiger partial charge on any atom is 0.261 e. The highest BCUT2D eigenvalue weighted by Gasteiger charge is 2.11. The molecule has 2 aromatic rings. The maximum atomic E-state index is 13.5. The van der Waals surface area contributed by atoms with Crippen LogP contribution in [-0.4, -0.2) is 21.9 Å². The molecular weight excluding hydrogens is 375 g/mol. The summed E-state index contributed by atoms with van der Waals surface area (Å²) in [6, 6.07) is 4.30. The Labute approximate surface area is 140 Å². The van der Waals surface area contributed by atoms with Gasteiger partial charge in [0.2, 0.25) is 0 Å². The van der Waals surface area contributed by atoms with Crippen LogP contribution in [0.15, 0.2) is 27.8 Å². The van der Waals surface area contributed by atoms with Gasteiger partial charge in [0.25, 0.3) is 5.91 Å². The number of amides is 1. The number of hydrogen-bond donors (Lipinski definition) is 1. The van der Waals surface area contributed by atoms with Crippen LogP contribution < -0.4 is 5.43 Å². The van der Waals surface area contributed by atoms with Crippen LogP contribution in [-0.2, 0) is 11.3 Å². The zero-order valence-corrected chi connectivity index (χ0v) is 14.2. The molecule has 0 bridgehead atoms. The summed E-state index contributed by atoms with van der Waals surface area (Å²) in [5.41, 5.74) is 4.08. The predicted octanol–water partition coefficient (Wildman–Crippen LogP) is 3.21. The number of nitrogens with zero attached hydrogens (tertiary/aromatic N) is 3. The number of rotatable bonds is 4. The van der Waals surface area contributed by atoms with Crippen molar-refractivity contribution in [1.29, 1.82) is 0 Å². The van der Waals surface area contributed by atoms with Gasteiger partial charge >= 0.3 is 0 Å². The van der Waals surface area contributed by atoms with Gasteiger partial charge < -0.3 is 0 Å². The second-order valence-corrected chi connectivity index (χ2v) is 5.77. The van der Waals surface area contributed by atoms with Gasteiger partial charge in [-0.05, 0) is 41.9 Å². The molecule has 1 heterocycles. The van der Waals surface area contributed by atoms with Gasteiger partial charge in [0.1, 0.15) is 12.4 Å². The Bertz CT molecular complexity index is 724. The van der Waals surface area contributed by atoms with Crippen LogP contribution in [0.4, 0.5) is 4.39 Å². The highest BCUT2D eigenvalue weighted by molar-refractivity contribution is 9.10. The standard InChI is InChI=1S/C14H13BrClFN4O/c1-8-14(15)9(2)21(20-8)7-13(22)19-18-6-10-11(16)4-3-5-12(10)17/h3-6H,7H2,1-2H3,(H,19,22)/b18-6+. The zero-order valence-electron chi connectivity index (χ0n) is 11.9. The average molecular weight is 388 g/mol. The van der Waals surface area contributed by atoms with E-state index in [2.05, 4.69) is 31.6 Å². The van der Waals surface area contributed by atoms with Gasteiger partial charge in [0, 0.05) is 5.56 Å². The van der Waals surface area contributed by atoms with E-state index in [0.29, 0.717) is 0 Å². The van der Waals surface area contributed by atoms with Crippen LogP contribution in [0, 0.1) is 19.7 Å². The second-order valence-electron chi connectivity index (χ2n) is 4.57.